The number of hydrogen-bond acceptors (Lipinski definition) is 3. The van der Waals surface area contributed by atoms with Crippen molar-refractivity contribution >= 4 is 41.7 Å². The lowest BCUT2D eigenvalue weighted by molar-refractivity contribution is -0.116. The van der Waals surface area contributed by atoms with Crippen molar-refractivity contribution in [2.24, 2.45) is 16.6 Å². The minimum atomic E-state index is -0.0920. The van der Waals surface area contributed by atoms with Crippen molar-refractivity contribution in [3.8, 4) is 0 Å². The summed E-state index contributed by atoms with van der Waals surface area (Å²) >= 11 is 0. The second kappa shape index (κ2) is 9.60. The van der Waals surface area contributed by atoms with Crippen LogP contribution in [0.4, 0.5) is 5.82 Å². The number of halogens is 1. The summed E-state index contributed by atoms with van der Waals surface area (Å²) in [6.45, 7) is 3.21. The second-order valence-electron chi connectivity index (χ2n) is 5.47. The van der Waals surface area contributed by atoms with Gasteiger partial charge in [-0.05, 0) is 37.3 Å². The van der Waals surface area contributed by atoms with Crippen LogP contribution in [0.5, 0.6) is 0 Å². The summed E-state index contributed by atoms with van der Waals surface area (Å²) in [6.07, 6.45) is 5.86. The van der Waals surface area contributed by atoms with Crippen molar-refractivity contribution < 1.29 is 4.79 Å². The van der Waals surface area contributed by atoms with E-state index in [-0.39, 0.29) is 29.9 Å². The van der Waals surface area contributed by atoms with Crippen molar-refractivity contribution in [2.45, 2.75) is 32.6 Å². The summed E-state index contributed by atoms with van der Waals surface area (Å²) in [5.74, 6) is 1.59. The molecule has 6 nitrogen and oxygen atoms in total. The highest BCUT2D eigenvalue weighted by Crippen LogP contribution is 2.26. The maximum absolute atomic E-state index is 11.7. The maximum Gasteiger partial charge on any atom is 0.227 e. The molecule has 1 aliphatic rings. The van der Waals surface area contributed by atoms with Gasteiger partial charge in [0, 0.05) is 25.7 Å². The number of amides is 1. The molecule has 7 heteroatoms. The van der Waals surface area contributed by atoms with Gasteiger partial charge >= 0.3 is 0 Å². The average molecular weight is 417 g/mol. The first-order valence-electron chi connectivity index (χ1n) is 7.40. The maximum atomic E-state index is 11.7. The van der Waals surface area contributed by atoms with Gasteiger partial charge in [0.05, 0.1) is 0 Å². The van der Waals surface area contributed by atoms with Gasteiger partial charge in [0.2, 0.25) is 5.91 Å². The number of carbonyl (C=O) groups is 1. The minimum Gasteiger partial charge on any atom is -0.370 e. The molecule has 22 heavy (non-hydrogen) atoms. The van der Waals surface area contributed by atoms with Gasteiger partial charge in [0.25, 0.3) is 0 Å². The Bertz CT molecular complexity index is 499. The molecule has 0 atom stereocenters. The Balaban J connectivity index is 0.00000242. The van der Waals surface area contributed by atoms with Crippen LogP contribution >= 0.6 is 24.0 Å². The lowest BCUT2D eigenvalue weighted by Gasteiger charge is -2.23. The third-order valence-corrected chi connectivity index (χ3v) is 3.58. The van der Waals surface area contributed by atoms with Crippen LogP contribution in [0.25, 0.3) is 0 Å². The molecule has 0 spiro atoms. The fourth-order valence-corrected chi connectivity index (χ4v) is 2.01. The van der Waals surface area contributed by atoms with Crippen molar-refractivity contribution in [3.63, 3.8) is 0 Å². The molecule has 1 aromatic heterocycles. The molecule has 1 heterocycles. The number of anilines is 1. The van der Waals surface area contributed by atoms with Crippen LogP contribution in [0, 0.1) is 12.8 Å². The van der Waals surface area contributed by atoms with Crippen LogP contribution in [0.3, 0.4) is 0 Å². The Hall–Kier alpha value is -1.38. The number of guanidine groups is 1. The van der Waals surface area contributed by atoms with E-state index in [2.05, 4.69) is 20.6 Å². The molecule has 2 rings (SSSR count). The van der Waals surface area contributed by atoms with Gasteiger partial charge in [-0.1, -0.05) is 12.5 Å². The molecule has 0 saturated heterocycles. The van der Waals surface area contributed by atoms with Gasteiger partial charge in [-0.25, -0.2) is 4.98 Å². The Labute approximate surface area is 148 Å². The number of nitrogens with one attached hydrogen (secondary N) is 2. The Kier molecular flexibility index (Phi) is 8.15. The molecule has 122 valence electrons. The predicted molar refractivity (Wildman–Crippen MR) is 99.5 cm³/mol. The van der Waals surface area contributed by atoms with E-state index in [0.29, 0.717) is 30.7 Å². The largest absolute Gasteiger partial charge is 0.370 e. The standard InChI is InChI=1S/C15H23N5O.HI/c1-11-5-6-13(18-9-11)20-14(21)7-8-17-15(16)19-10-12-3-2-4-12;/h5-6,9,12H,2-4,7-8,10H2,1H3,(H3,16,17,19)(H,18,20,21);1H. The van der Waals surface area contributed by atoms with E-state index in [4.69, 9.17) is 5.73 Å². The molecular weight excluding hydrogens is 393 g/mol. The van der Waals surface area contributed by atoms with E-state index < -0.39 is 0 Å². The highest BCUT2D eigenvalue weighted by Gasteiger charge is 2.16. The second-order valence-corrected chi connectivity index (χ2v) is 5.47. The third kappa shape index (κ3) is 6.59. The van der Waals surface area contributed by atoms with E-state index in [0.717, 1.165) is 12.1 Å². The molecule has 1 aromatic rings. The van der Waals surface area contributed by atoms with Crippen molar-refractivity contribution in [2.75, 3.05) is 18.4 Å². The molecule has 1 saturated carbocycles. The molecule has 0 bridgehead atoms. The lowest BCUT2D eigenvalue weighted by atomic mass is 9.86. The molecule has 1 amide bonds. The summed E-state index contributed by atoms with van der Waals surface area (Å²) in [4.78, 5) is 20.1. The van der Waals surface area contributed by atoms with Crippen molar-refractivity contribution in [1.82, 2.24) is 10.3 Å². The van der Waals surface area contributed by atoms with Crippen LogP contribution < -0.4 is 16.4 Å². The van der Waals surface area contributed by atoms with Gasteiger partial charge in [-0.3, -0.25) is 9.79 Å². The van der Waals surface area contributed by atoms with Crippen LogP contribution in [-0.4, -0.2) is 29.9 Å². The quantitative estimate of drug-likeness (QED) is 0.375. The van der Waals surface area contributed by atoms with Gasteiger partial charge < -0.3 is 16.4 Å². The number of rotatable bonds is 6. The predicted octanol–water partition coefficient (Wildman–Crippen LogP) is 2.04. The number of nitrogens with two attached hydrogens (primary N) is 1. The molecule has 1 aliphatic carbocycles. The fraction of sp³-hybridized carbons (Fsp3) is 0.533. The summed E-state index contributed by atoms with van der Waals surface area (Å²) in [7, 11) is 0. The zero-order chi connectivity index (χ0) is 15.1. The average Bonchev–Trinajstić information content (AvgIpc) is 2.39. The molecule has 4 N–H and O–H groups in total. The highest BCUT2D eigenvalue weighted by atomic mass is 127. The number of aromatic nitrogens is 1. The third-order valence-electron chi connectivity index (χ3n) is 3.58. The minimum absolute atomic E-state index is 0. The van der Waals surface area contributed by atoms with Gasteiger partial charge in [-0.2, -0.15) is 0 Å². The van der Waals surface area contributed by atoms with Crippen molar-refractivity contribution in [1.29, 1.82) is 0 Å². The fourth-order valence-electron chi connectivity index (χ4n) is 2.01. The number of pyridine rings is 1. The number of hydrogen-bond donors (Lipinski definition) is 3. The topological polar surface area (TPSA) is 92.4 Å². The smallest absolute Gasteiger partial charge is 0.227 e. The molecule has 0 radical (unpaired) electrons. The first kappa shape index (κ1) is 18.7. The van der Waals surface area contributed by atoms with E-state index in [1.54, 1.807) is 12.3 Å². The molecule has 0 unspecified atom stereocenters. The van der Waals surface area contributed by atoms with E-state index in [1.807, 2.05) is 13.0 Å². The Morgan fingerprint density at radius 2 is 2.23 bits per heavy atom. The number of aliphatic imine (C=N–C) groups is 1. The van der Waals surface area contributed by atoms with Gasteiger partial charge in [-0.15, -0.1) is 24.0 Å². The summed E-state index contributed by atoms with van der Waals surface area (Å²) in [5, 5.41) is 5.70. The van der Waals surface area contributed by atoms with E-state index in [1.165, 1.54) is 19.3 Å². The van der Waals surface area contributed by atoms with Crippen LogP contribution in [0.15, 0.2) is 23.3 Å². The summed E-state index contributed by atoms with van der Waals surface area (Å²) in [5.41, 5.74) is 6.81. The van der Waals surface area contributed by atoms with Crippen LogP contribution in [0.2, 0.25) is 0 Å². The lowest BCUT2D eigenvalue weighted by Crippen LogP contribution is -2.34. The van der Waals surface area contributed by atoms with Gasteiger partial charge in [0.1, 0.15) is 5.82 Å². The molecular formula is C15H24IN5O. The number of carbonyl (C=O) groups excluding carboxylic acids is 1. The SMILES string of the molecule is Cc1ccc(NC(=O)CCNC(N)=NCC2CCC2)nc1.I. The van der Waals surface area contributed by atoms with Crippen LogP contribution in [0.1, 0.15) is 31.2 Å². The van der Waals surface area contributed by atoms with Gasteiger partial charge in [0.15, 0.2) is 5.96 Å². The first-order valence-corrected chi connectivity index (χ1v) is 7.40. The number of aryl methyl sites for hydroxylation is 1. The first-order chi connectivity index (χ1) is 10.1. The normalized spacial score (nSPS) is 14.7. The monoisotopic (exact) mass is 417 g/mol. The molecule has 0 aromatic carbocycles. The summed E-state index contributed by atoms with van der Waals surface area (Å²) < 4.78 is 0. The highest BCUT2D eigenvalue weighted by molar-refractivity contribution is 14.0. The van der Waals surface area contributed by atoms with E-state index >= 15 is 0 Å². The zero-order valence-corrected chi connectivity index (χ0v) is 15.2. The van der Waals surface area contributed by atoms with Crippen LogP contribution in [-0.2, 0) is 4.79 Å². The van der Waals surface area contributed by atoms with Crippen molar-refractivity contribution in [3.05, 3.63) is 23.9 Å². The summed E-state index contributed by atoms with van der Waals surface area (Å²) in [6, 6.07) is 3.70. The van der Waals surface area contributed by atoms with E-state index in [9.17, 15) is 4.79 Å². The number of nitrogens with zero attached hydrogens (tertiary/aromatic N) is 2. The Morgan fingerprint density at radius 3 is 2.82 bits per heavy atom. The molecule has 1 fully saturated rings. The zero-order valence-electron chi connectivity index (χ0n) is 12.8. The molecule has 0 aliphatic heterocycles. The Morgan fingerprint density at radius 1 is 1.45 bits per heavy atom.